The third kappa shape index (κ3) is 5.25. The summed E-state index contributed by atoms with van der Waals surface area (Å²) >= 11 is 0. The molecule has 1 rings (SSSR count). The smallest absolute Gasteiger partial charge is 0.302 e. The third-order valence-electron chi connectivity index (χ3n) is 3.17. The average Bonchev–Trinajstić information content (AvgIpc) is 2.36. The van der Waals surface area contributed by atoms with Crippen molar-refractivity contribution in [3.63, 3.8) is 0 Å². The highest BCUT2D eigenvalue weighted by molar-refractivity contribution is 5.97. The van der Waals surface area contributed by atoms with Gasteiger partial charge >= 0.3 is 5.97 Å². The zero-order valence-corrected chi connectivity index (χ0v) is 12.0. The lowest BCUT2D eigenvalue weighted by atomic mass is 9.89. The van der Waals surface area contributed by atoms with E-state index < -0.39 is 0 Å². The number of hydrogen-bond donors (Lipinski definition) is 0. The van der Waals surface area contributed by atoms with E-state index in [1.54, 1.807) is 0 Å². The Morgan fingerprint density at radius 1 is 1.32 bits per heavy atom. The number of carbonyl (C=O) groups excluding carboxylic acids is 2. The minimum atomic E-state index is -0.276. The van der Waals surface area contributed by atoms with Crippen LogP contribution < -0.4 is 0 Å². The third-order valence-corrected chi connectivity index (χ3v) is 3.17. The van der Waals surface area contributed by atoms with E-state index >= 15 is 0 Å². The molecule has 0 saturated heterocycles. The molecule has 0 unspecified atom stereocenters. The van der Waals surface area contributed by atoms with Crippen LogP contribution in [0.4, 0.5) is 0 Å². The monoisotopic (exact) mass is 262 g/mol. The molecule has 0 N–H and O–H groups in total. The molecule has 0 heterocycles. The first-order chi connectivity index (χ1) is 9.04. The highest BCUT2D eigenvalue weighted by Crippen LogP contribution is 2.25. The van der Waals surface area contributed by atoms with E-state index in [0.717, 1.165) is 36.0 Å². The van der Waals surface area contributed by atoms with Crippen molar-refractivity contribution < 1.29 is 14.3 Å². The zero-order valence-electron chi connectivity index (χ0n) is 12.0. The summed E-state index contributed by atoms with van der Waals surface area (Å²) in [5.74, 6) is 0.0110. The predicted octanol–water partition coefficient (Wildman–Crippen LogP) is 3.51. The summed E-state index contributed by atoms with van der Waals surface area (Å²) in [6, 6.07) is 0. The summed E-state index contributed by atoms with van der Waals surface area (Å²) in [7, 11) is 0. The fraction of sp³-hybridized carbons (Fsp3) is 0.500. The van der Waals surface area contributed by atoms with Crippen LogP contribution in [-0.4, -0.2) is 18.4 Å². The molecule has 0 fully saturated rings. The van der Waals surface area contributed by atoms with Gasteiger partial charge in [0.15, 0.2) is 5.78 Å². The Hall–Kier alpha value is -1.64. The first-order valence-corrected chi connectivity index (χ1v) is 6.78. The molecule has 0 spiro atoms. The van der Waals surface area contributed by atoms with Crippen LogP contribution in [0.3, 0.4) is 0 Å². The van der Waals surface area contributed by atoms with Crippen molar-refractivity contribution in [2.75, 3.05) is 6.61 Å². The Morgan fingerprint density at radius 3 is 2.68 bits per heavy atom. The van der Waals surface area contributed by atoms with Crippen LogP contribution in [0.1, 0.15) is 46.5 Å². The number of carbonyl (C=O) groups is 2. The summed E-state index contributed by atoms with van der Waals surface area (Å²) in [6.07, 6.45) is 9.26. The van der Waals surface area contributed by atoms with Gasteiger partial charge in [0, 0.05) is 13.3 Å². The van der Waals surface area contributed by atoms with Gasteiger partial charge in [0.2, 0.25) is 0 Å². The summed E-state index contributed by atoms with van der Waals surface area (Å²) < 4.78 is 4.85. The standard InChI is InChI=1S/C16H22O3/c1-4-15-14(6-5-7-16(15)18)9-8-12(2)10-11-19-13(3)17/h8-10H,4-7,11H2,1-3H3/b9-8+,12-10+. The van der Waals surface area contributed by atoms with Crippen molar-refractivity contribution in [1.82, 2.24) is 0 Å². The topological polar surface area (TPSA) is 43.4 Å². The van der Waals surface area contributed by atoms with Crippen LogP contribution in [0.5, 0.6) is 0 Å². The molecular weight excluding hydrogens is 240 g/mol. The van der Waals surface area contributed by atoms with Gasteiger partial charge in [0.05, 0.1) is 0 Å². The van der Waals surface area contributed by atoms with Gasteiger partial charge in [-0.3, -0.25) is 9.59 Å². The Bertz CT molecular complexity index is 439. The van der Waals surface area contributed by atoms with Gasteiger partial charge in [-0.25, -0.2) is 0 Å². The largest absolute Gasteiger partial charge is 0.462 e. The molecule has 0 aromatic heterocycles. The van der Waals surface area contributed by atoms with Gasteiger partial charge in [-0.05, 0) is 43.4 Å². The molecule has 0 aliphatic heterocycles. The van der Waals surface area contributed by atoms with Gasteiger partial charge < -0.3 is 4.74 Å². The number of allylic oxidation sites excluding steroid dienone is 5. The van der Waals surface area contributed by atoms with E-state index in [0.29, 0.717) is 13.0 Å². The van der Waals surface area contributed by atoms with Crippen molar-refractivity contribution in [3.05, 3.63) is 34.9 Å². The van der Waals surface area contributed by atoms with Crippen LogP contribution in [0.2, 0.25) is 0 Å². The van der Waals surface area contributed by atoms with Gasteiger partial charge in [-0.2, -0.15) is 0 Å². The second-order valence-corrected chi connectivity index (χ2v) is 4.72. The number of esters is 1. The number of rotatable bonds is 5. The Balaban J connectivity index is 2.68. The second-order valence-electron chi connectivity index (χ2n) is 4.72. The van der Waals surface area contributed by atoms with Crippen LogP contribution >= 0.6 is 0 Å². The minimum Gasteiger partial charge on any atom is -0.462 e. The molecule has 0 aromatic carbocycles. The molecule has 3 heteroatoms. The quantitative estimate of drug-likeness (QED) is 0.562. The summed E-state index contributed by atoms with van der Waals surface area (Å²) in [5, 5.41) is 0. The summed E-state index contributed by atoms with van der Waals surface area (Å²) in [5.41, 5.74) is 3.15. The molecule has 3 nitrogen and oxygen atoms in total. The summed E-state index contributed by atoms with van der Waals surface area (Å²) in [6.45, 7) is 5.67. The SMILES string of the molecule is CCC1=C(/C=C/C(C)=C/COC(C)=O)CCCC1=O. The highest BCUT2D eigenvalue weighted by Gasteiger charge is 2.16. The van der Waals surface area contributed by atoms with Crippen LogP contribution in [0.15, 0.2) is 34.9 Å². The van der Waals surface area contributed by atoms with Crippen molar-refractivity contribution in [2.24, 2.45) is 0 Å². The van der Waals surface area contributed by atoms with Gasteiger partial charge in [0.25, 0.3) is 0 Å². The fourth-order valence-electron chi connectivity index (χ4n) is 2.12. The van der Waals surface area contributed by atoms with Crippen LogP contribution in [-0.2, 0) is 14.3 Å². The normalized spacial score (nSPS) is 17.2. The number of ether oxygens (including phenoxy) is 1. The maximum absolute atomic E-state index is 11.8. The van der Waals surface area contributed by atoms with Gasteiger partial charge in [-0.15, -0.1) is 0 Å². The maximum Gasteiger partial charge on any atom is 0.302 e. The van der Waals surface area contributed by atoms with Crippen molar-refractivity contribution in [3.8, 4) is 0 Å². The van der Waals surface area contributed by atoms with Crippen LogP contribution in [0, 0.1) is 0 Å². The van der Waals surface area contributed by atoms with Crippen LogP contribution in [0.25, 0.3) is 0 Å². The lowest BCUT2D eigenvalue weighted by molar-refractivity contribution is -0.139. The number of ketones is 1. The molecule has 0 bridgehead atoms. The van der Waals surface area contributed by atoms with E-state index in [2.05, 4.69) is 0 Å². The Labute approximate surface area is 115 Å². The molecule has 0 amide bonds. The second kappa shape index (κ2) is 7.72. The van der Waals surface area contributed by atoms with E-state index in [4.69, 9.17) is 4.74 Å². The first kappa shape index (κ1) is 15.4. The van der Waals surface area contributed by atoms with E-state index in [9.17, 15) is 9.59 Å². The minimum absolute atomic E-state index is 0.276. The molecule has 0 aromatic rings. The fourth-order valence-corrected chi connectivity index (χ4v) is 2.12. The molecular formula is C16H22O3. The van der Waals surface area contributed by atoms with Crippen molar-refractivity contribution in [2.45, 2.75) is 46.5 Å². The Morgan fingerprint density at radius 2 is 2.05 bits per heavy atom. The molecule has 1 aliphatic carbocycles. The molecule has 104 valence electrons. The average molecular weight is 262 g/mol. The molecule has 19 heavy (non-hydrogen) atoms. The number of hydrogen-bond acceptors (Lipinski definition) is 3. The predicted molar refractivity (Wildman–Crippen MR) is 75.7 cm³/mol. The molecule has 0 radical (unpaired) electrons. The molecule has 1 aliphatic rings. The van der Waals surface area contributed by atoms with Crippen molar-refractivity contribution >= 4 is 11.8 Å². The highest BCUT2D eigenvalue weighted by atomic mass is 16.5. The van der Waals surface area contributed by atoms with Gasteiger partial charge in [0.1, 0.15) is 6.61 Å². The summed E-state index contributed by atoms with van der Waals surface area (Å²) in [4.78, 5) is 22.4. The number of Topliss-reactive ketones (excluding diaryl/α,β-unsaturated/α-hetero) is 1. The van der Waals surface area contributed by atoms with Crippen molar-refractivity contribution in [1.29, 1.82) is 0 Å². The van der Waals surface area contributed by atoms with Gasteiger partial charge in [-0.1, -0.05) is 24.6 Å². The molecule has 0 atom stereocenters. The lowest BCUT2D eigenvalue weighted by Gasteiger charge is -2.15. The Kier molecular flexibility index (Phi) is 6.26. The molecule has 0 saturated carbocycles. The maximum atomic E-state index is 11.8. The first-order valence-electron chi connectivity index (χ1n) is 6.78. The zero-order chi connectivity index (χ0) is 14.3. The lowest BCUT2D eigenvalue weighted by Crippen LogP contribution is -2.10. The van der Waals surface area contributed by atoms with E-state index in [1.165, 1.54) is 6.92 Å². The van der Waals surface area contributed by atoms with E-state index in [1.807, 2.05) is 32.1 Å². The van der Waals surface area contributed by atoms with E-state index in [-0.39, 0.29) is 11.8 Å².